The van der Waals surface area contributed by atoms with Gasteiger partial charge in [-0.25, -0.2) is 0 Å². The van der Waals surface area contributed by atoms with E-state index in [0.29, 0.717) is 11.0 Å². The van der Waals surface area contributed by atoms with Gasteiger partial charge in [0, 0.05) is 38.3 Å². The van der Waals surface area contributed by atoms with Crippen molar-refractivity contribution in [2.75, 3.05) is 18.4 Å². The van der Waals surface area contributed by atoms with Gasteiger partial charge in [-0.3, -0.25) is 14.6 Å². The SMILES string of the molecule is O=C(CCC(=O)N1CCC(c2ccncc2)CC1)Nc1nncs1. The average Bonchev–Trinajstić information content (AvgIpc) is 3.13. The summed E-state index contributed by atoms with van der Waals surface area (Å²) in [7, 11) is 0. The minimum atomic E-state index is -0.202. The molecular weight excluding hydrogens is 326 g/mol. The van der Waals surface area contributed by atoms with Crippen LogP contribution in [-0.4, -0.2) is 45.0 Å². The summed E-state index contributed by atoms with van der Waals surface area (Å²) in [6.07, 6.45) is 5.92. The molecule has 0 bridgehead atoms. The Morgan fingerprint density at radius 1 is 1.21 bits per heavy atom. The fourth-order valence-electron chi connectivity index (χ4n) is 2.89. The van der Waals surface area contributed by atoms with Gasteiger partial charge in [-0.15, -0.1) is 10.2 Å². The third-order valence-corrected chi connectivity index (χ3v) is 4.80. The lowest BCUT2D eigenvalue weighted by atomic mass is 9.90. The third kappa shape index (κ3) is 4.35. The molecule has 1 N–H and O–H groups in total. The molecule has 1 aliphatic heterocycles. The molecule has 0 aromatic carbocycles. The number of nitrogens with zero attached hydrogens (tertiary/aromatic N) is 4. The molecule has 126 valence electrons. The van der Waals surface area contributed by atoms with E-state index in [-0.39, 0.29) is 24.7 Å². The number of carbonyl (C=O) groups excluding carboxylic acids is 2. The number of carbonyl (C=O) groups is 2. The maximum Gasteiger partial charge on any atom is 0.226 e. The van der Waals surface area contributed by atoms with Crippen molar-refractivity contribution < 1.29 is 9.59 Å². The molecular formula is C16H19N5O2S. The smallest absolute Gasteiger partial charge is 0.226 e. The Balaban J connectivity index is 1.41. The van der Waals surface area contributed by atoms with Crippen LogP contribution in [0.15, 0.2) is 30.0 Å². The number of rotatable bonds is 5. The minimum Gasteiger partial charge on any atom is -0.343 e. The van der Waals surface area contributed by atoms with E-state index in [0.717, 1.165) is 25.9 Å². The number of nitrogens with one attached hydrogen (secondary N) is 1. The van der Waals surface area contributed by atoms with Crippen LogP contribution in [-0.2, 0) is 9.59 Å². The van der Waals surface area contributed by atoms with Gasteiger partial charge in [-0.1, -0.05) is 11.3 Å². The number of anilines is 1. The largest absolute Gasteiger partial charge is 0.343 e. The number of hydrogen-bond acceptors (Lipinski definition) is 6. The zero-order valence-corrected chi connectivity index (χ0v) is 14.0. The summed E-state index contributed by atoms with van der Waals surface area (Å²) >= 11 is 1.26. The van der Waals surface area contributed by atoms with E-state index in [1.54, 1.807) is 5.51 Å². The van der Waals surface area contributed by atoms with Crippen LogP contribution in [0.1, 0.15) is 37.2 Å². The molecule has 0 aliphatic carbocycles. The zero-order valence-electron chi connectivity index (χ0n) is 13.2. The summed E-state index contributed by atoms with van der Waals surface area (Å²) in [4.78, 5) is 29.9. The molecule has 1 saturated heterocycles. The summed E-state index contributed by atoms with van der Waals surface area (Å²) in [5.74, 6) is 0.320. The van der Waals surface area contributed by atoms with Crippen molar-refractivity contribution in [1.29, 1.82) is 0 Å². The zero-order chi connectivity index (χ0) is 16.8. The Bertz CT molecular complexity index is 669. The van der Waals surface area contributed by atoms with Gasteiger partial charge in [-0.2, -0.15) is 0 Å². The van der Waals surface area contributed by atoms with E-state index in [1.165, 1.54) is 16.9 Å². The molecule has 1 aliphatic rings. The van der Waals surface area contributed by atoms with Gasteiger partial charge in [0.05, 0.1) is 0 Å². The van der Waals surface area contributed by atoms with Gasteiger partial charge in [0.15, 0.2) is 0 Å². The van der Waals surface area contributed by atoms with Crippen molar-refractivity contribution in [1.82, 2.24) is 20.1 Å². The highest BCUT2D eigenvalue weighted by molar-refractivity contribution is 7.13. The molecule has 0 unspecified atom stereocenters. The van der Waals surface area contributed by atoms with Crippen molar-refractivity contribution >= 4 is 28.3 Å². The Kier molecular flexibility index (Phi) is 5.47. The van der Waals surface area contributed by atoms with Gasteiger partial charge in [-0.05, 0) is 36.5 Å². The highest BCUT2D eigenvalue weighted by Crippen LogP contribution is 2.27. The third-order valence-electron chi connectivity index (χ3n) is 4.20. The average molecular weight is 345 g/mol. The van der Waals surface area contributed by atoms with E-state index >= 15 is 0 Å². The van der Waals surface area contributed by atoms with Crippen molar-refractivity contribution in [3.8, 4) is 0 Å². The lowest BCUT2D eigenvalue weighted by Crippen LogP contribution is -2.38. The lowest BCUT2D eigenvalue weighted by molar-refractivity contribution is -0.133. The Hall–Kier alpha value is -2.35. The first-order valence-electron chi connectivity index (χ1n) is 7.96. The summed E-state index contributed by atoms with van der Waals surface area (Å²) in [5.41, 5.74) is 2.83. The normalized spacial score (nSPS) is 15.2. The number of hydrogen-bond donors (Lipinski definition) is 1. The first kappa shape index (κ1) is 16.5. The summed E-state index contributed by atoms with van der Waals surface area (Å²) in [5, 5.41) is 10.5. The molecule has 3 rings (SSSR count). The van der Waals surface area contributed by atoms with Crippen LogP contribution in [0.2, 0.25) is 0 Å². The van der Waals surface area contributed by atoms with Crippen LogP contribution >= 0.6 is 11.3 Å². The standard InChI is InChI=1S/C16H19N5O2S/c22-14(19-16-20-18-11-24-16)1-2-15(23)21-9-5-13(6-10-21)12-3-7-17-8-4-12/h3-4,7-8,11,13H,1-2,5-6,9-10H2,(H,19,20,22). The van der Waals surface area contributed by atoms with Crippen molar-refractivity contribution in [3.05, 3.63) is 35.6 Å². The highest BCUT2D eigenvalue weighted by Gasteiger charge is 2.24. The maximum atomic E-state index is 12.3. The number of pyridine rings is 1. The quantitative estimate of drug-likeness (QED) is 0.896. The Morgan fingerprint density at radius 2 is 1.96 bits per heavy atom. The molecule has 0 spiro atoms. The minimum absolute atomic E-state index is 0.0376. The van der Waals surface area contributed by atoms with Crippen molar-refractivity contribution in [3.63, 3.8) is 0 Å². The maximum absolute atomic E-state index is 12.3. The first-order valence-corrected chi connectivity index (χ1v) is 8.84. The number of aromatic nitrogens is 3. The van der Waals surface area contributed by atoms with Crippen LogP contribution in [0.4, 0.5) is 5.13 Å². The van der Waals surface area contributed by atoms with E-state index in [9.17, 15) is 9.59 Å². The number of likely N-dealkylation sites (tertiary alicyclic amines) is 1. The molecule has 0 saturated carbocycles. The monoisotopic (exact) mass is 345 g/mol. The topological polar surface area (TPSA) is 88.1 Å². The second kappa shape index (κ2) is 7.96. The second-order valence-electron chi connectivity index (χ2n) is 5.73. The predicted octanol–water partition coefficient (Wildman–Crippen LogP) is 2.06. The molecule has 8 heteroatoms. The fraction of sp³-hybridized carbons (Fsp3) is 0.438. The van der Waals surface area contributed by atoms with Gasteiger partial charge >= 0.3 is 0 Å². The molecule has 2 amide bonds. The molecule has 7 nitrogen and oxygen atoms in total. The second-order valence-corrected chi connectivity index (χ2v) is 6.56. The lowest BCUT2D eigenvalue weighted by Gasteiger charge is -2.32. The summed E-state index contributed by atoms with van der Waals surface area (Å²) < 4.78 is 0. The molecule has 0 radical (unpaired) electrons. The van der Waals surface area contributed by atoms with Crippen LogP contribution in [0.25, 0.3) is 0 Å². The van der Waals surface area contributed by atoms with Crippen molar-refractivity contribution in [2.24, 2.45) is 0 Å². The van der Waals surface area contributed by atoms with E-state index in [4.69, 9.17) is 0 Å². The van der Waals surface area contributed by atoms with Crippen LogP contribution in [0.5, 0.6) is 0 Å². The predicted molar refractivity (Wildman–Crippen MR) is 90.6 cm³/mol. The van der Waals surface area contributed by atoms with Crippen LogP contribution in [0, 0.1) is 0 Å². The number of piperidine rings is 1. The van der Waals surface area contributed by atoms with Gasteiger partial charge in [0.1, 0.15) is 5.51 Å². The van der Waals surface area contributed by atoms with Crippen LogP contribution < -0.4 is 5.32 Å². The molecule has 1 fully saturated rings. The molecule has 2 aromatic rings. The molecule has 3 heterocycles. The Labute approximate surface area is 144 Å². The fourth-order valence-corrected chi connectivity index (χ4v) is 3.35. The van der Waals surface area contributed by atoms with Gasteiger partial charge in [0.2, 0.25) is 16.9 Å². The van der Waals surface area contributed by atoms with Crippen molar-refractivity contribution in [2.45, 2.75) is 31.6 Å². The Morgan fingerprint density at radius 3 is 2.62 bits per heavy atom. The molecule has 2 aromatic heterocycles. The first-order chi connectivity index (χ1) is 11.7. The van der Waals surface area contributed by atoms with Crippen LogP contribution in [0.3, 0.4) is 0 Å². The molecule has 24 heavy (non-hydrogen) atoms. The van der Waals surface area contributed by atoms with E-state index in [2.05, 4.69) is 20.5 Å². The van der Waals surface area contributed by atoms with E-state index < -0.39 is 0 Å². The van der Waals surface area contributed by atoms with E-state index in [1.807, 2.05) is 29.4 Å². The summed E-state index contributed by atoms with van der Waals surface area (Å²) in [6, 6.07) is 4.08. The van der Waals surface area contributed by atoms with Gasteiger partial charge in [0.25, 0.3) is 0 Å². The van der Waals surface area contributed by atoms with Gasteiger partial charge < -0.3 is 10.2 Å². The summed E-state index contributed by atoms with van der Waals surface area (Å²) in [6.45, 7) is 1.48. The molecule has 0 atom stereocenters. The highest BCUT2D eigenvalue weighted by atomic mass is 32.1. The number of amides is 2.